The van der Waals surface area contributed by atoms with E-state index in [0.29, 0.717) is 37.2 Å². The second-order valence-corrected chi connectivity index (χ2v) is 9.05. The molecule has 32 heavy (non-hydrogen) atoms. The molecule has 0 amide bonds. The van der Waals surface area contributed by atoms with Crippen LogP contribution < -0.4 is 10.4 Å². The van der Waals surface area contributed by atoms with Gasteiger partial charge in [-0.3, -0.25) is 4.79 Å². The predicted octanol–water partition coefficient (Wildman–Crippen LogP) is 4.17. The molecule has 1 aromatic carbocycles. The fraction of sp³-hybridized carbons (Fsp3) is 0.462. The molecule has 1 fully saturated rings. The molecule has 4 rings (SSSR count). The lowest BCUT2D eigenvalue weighted by molar-refractivity contribution is -0.144. The molecule has 0 N–H and O–H groups in total. The summed E-state index contributed by atoms with van der Waals surface area (Å²) in [6.07, 6.45) is 3.39. The molecule has 3 aliphatic carbocycles. The van der Waals surface area contributed by atoms with E-state index in [4.69, 9.17) is 9.47 Å². The maximum atomic E-state index is 15.2. The number of benzene rings is 1. The van der Waals surface area contributed by atoms with E-state index >= 15 is 8.78 Å². The van der Waals surface area contributed by atoms with Crippen molar-refractivity contribution >= 4 is 23.5 Å². The minimum absolute atomic E-state index is 0.227. The van der Waals surface area contributed by atoms with Gasteiger partial charge in [0, 0.05) is 16.0 Å². The van der Waals surface area contributed by atoms with Gasteiger partial charge in [-0.05, 0) is 51.4 Å². The van der Waals surface area contributed by atoms with Gasteiger partial charge in [0.25, 0.3) is 0 Å². The Labute approximate surface area is 186 Å². The van der Waals surface area contributed by atoms with Crippen LogP contribution in [0.3, 0.4) is 0 Å². The van der Waals surface area contributed by atoms with Crippen LogP contribution >= 0.6 is 0 Å². The van der Waals surface area contributed by atoms with Gasteiger partial charge in [0.1, 0.15) is 0 Å². The van der Waals surface area contributed by atoms with Crippen molar-refractivity contribution < 1.29 is 27.8 Å². The zero-order valence-corrected chi connectivity index (χ0v) is 18.4. The van der Waals surface area contributed by atoms with Crippen molar-refractivity contribution in [3.63, 3.8) is 0 Å². The number of halogens is 2. The number of fused-ring (bicyclic) bond motifs is 1. The van der Waals surface area contributed by atoms with Crippen molar-refractivity contribution in [1.29, 1.82) is 0 Å². The Morgan fingerprint density at radius 3 is 2.03 bits per heavy atom. The van der Waals surface area contributed by atoms with E-state index in [1.54, 1.807) is 30.3 Å². The molecule has 6 heteroatoms. The molecule has 1 saturated carbocycles. The molecule has 0 bridgehead atoms. The Balaban J connectivity index is 1.66. The molecule has 0 spiro atoms. The summed E-state index contributed by atoms with van der Waals surface area (Å²) < 4.78 is 41.2. The first kappa shape index (κ1) is 22.4. The predicted molar refractivity (Wildman–Crippen MR) is 117 cm³/mol. The van der Waals surface area contributed by atoms with Crippen LogP contribution in [0.1, 0.15) is 52.4 Å². The number of alkyl halides is 2. The number of allylic oxidation sites excluding steroid dienone is 3. The molecule has 170 valence electrons. The molecule has 2 unspecified atom stereocenters. The van der Waals surface area contributed by atoms with E-state index < -0.39 is 24.3 Å². The highest BCUT2D eigenvalue weighted by Crippen LogP contribution is 2.32. The van der Waals surface area contributed by atoms with E-state index in [1.165, 1.54) is 0 Å². The normalized spacial score (nSPS) is 27.8. The second kappa shape index (κ2) is 9.39. The lowest BCUT2D eigenvalue weighted by Crippen LogP contribution is -2.45. The Hall–Kier alpha value is -2.76. The van der Waals surface area contributed by atoms with Crippen molar-refractivity contribution in [1.82, 2.24) is 0 Å². The van der Waals surface area contributed by atoms with Crippen LogP contribution in [0.4, 0.5) is 8.78 Å². The van der Waals surface area contributed by atoms with Crippen molar-refractivity contribution in [3.05, 3.63) is 58.0 Å². The molecule has 0 aromatic heterocycles. The Bertz CT molecular complexity index is 1090. The SMILES string of the molecule is CC1=CC=C(C(=O)OC2=c3ccccc3=C(OC(=O)C3CCC(C)CC3)C(F)C2F)CC1. The van der Waals surface area contributed by atoms with Gasteiger partial charge < -0.3 is 9.47 Å². The van der Waals surface area contributed by atoms with Crippen molar-refractivity contribution in [2.24, 2.45) is 11.8 Å². The molecular formula is C26H28F2O4. The summed E-state index contributed by atoms with van der Waals surface area (Å²) in [5, 5.41) is 0.466. The molecule has 0 saturated heterocycles. The number of carbonyl (C=O) groups excluding carboxylic acids is 2. The van der Waals surface area contributed by atoms with Crippen molar-refractivity contribution in [3.8, 4) is 0 Å². The topological polar surface area (TPSA) is 52.6 Å². The average molecular weight is 443 g/mol. The first-order valence-corrected chi connectivity index (χ1v) is 11.3. The van der Waals surface area contributed by atoms with Crippen LogP contribution in [-0.4, -0.2) is 24.3 Å². The summed E-state index contributed by atoms with van der Waals surface area (Å²) in [5.41, 5.74) is 1.55. The van der Waals surface area contributed by atoms with Gasteiger partial charge in [-0.25, -0.2) is 13.6 Å². The maximum Gasteiger partial charge on any atom is 0.339 e. The molecule has 1 aromatic rings. The fourth-order valence-electron chi connectivity index (χ4n) is 4.46. The van der Waals surface area contributed by atoms with Crippen LogP contribution in [0.5, 0.6) is 0 Å². The van der Waals surface area contributed by atoms with Gasteiger partial charge in [0.15, 0.2) is 23.9 Å². The Morgan fingerprint density at radius 2 is 1.47 bits per heavy atom. The molecule has 0 aliphatic heterocycles. The number of carbonyl (C=O) groups is 2. The number of esters is 2. The standard InChI is InChI=1S/C26H28F2O4/c1-15-7-11-17(12-8-15)25(29)31-23-19-5-3-4-6-20(19)24(22(28)21(23)27)32-26(30)18-13-9-16(2)10-14-18/h3-7,11,16,18,21-22H,8-10,12-14H2,1-2H3. The summed E-state index contributed by atoms with van der Waals surface area (Å²) >= 11 is 0. The Kier molecular flexibility index (Phi) is 6.58. The monoisotopic (exact) mass is 442 g/mol. The number of ether oxygens (including phenoxy) is 2. The van der Waals surface area contributed by atoms with Gasteiger partial charge in [-0.15, -0.1) is 0 Å². The maximum absolute atomic E-state index is 15.2. The molecule has 0 heterocycles. The van der Waals surface area contributed by atoms with Crippen molar-refractivity contribution in [2.75, 3.05) is 0 Å². The largest absolute Gasteiger partial charge is 0.427 e. The van der Waals surface area contributed by atoms with Crippen LogP contribution in [0.2, 0.25) is 0 Å². The third kappa shape index (κ3) is 4.54. The van der Waals surface area contributed by atoms with Gasteiger partial charge in [0.2, 0.25) is 0 Å². The highest BCUT2D eigenvalue weighted by atomic mass is 19.2. The minimum atomic E-state index is -2.25. The average Bonchev–Trinajstić information content (AvgIpc) is 2.80. The van der Waals surface area contributed by atoms with Gasteiger partial charge >= 0.3 is 11.9 Å². The second-order valence-electron chi connectivity index (χ2n) is 9.05. The third-order valence-electron chi connectivity index (χ3n) is 6.60. The summed E-state index contributed by atoms with van der Waals surface area (Å²) in [6.45, 7) is 4.10. The number of hydrogen-bond donors (Lipinski definition) is 0. The van der Waals surface area contributed by atoms with E-state index in [0.717, 1.165) is 18.4 Å². The summed E-state index contributed by atoms with van der Waals surface area (Å²) in [7, 11) is 0. The number of rotatable bonds is 4. The van der Waals surface area contributed by atoms with Gasteiger partial charge in [-0.1, -0.05) is 48.9 Å². The molecule has 2 atom stereocenters. The van der Waals surface area contributed by atoms with E-state index in [-0.39, 0.29) is 27.9 Å². The Morgan fingerprint density at radius 1 is 0.875 bits per heavy atom. The molecule has 3 aliphatic rings. The number of hydrogen-bond acceptors (Lipinski definition) is 4. The van der Waals surface area contributed by atoms with E-state index in [1.807, 2.05) is 13.0 Å². The van der Waals surface area contributed by atoms with E-state index in [2.05, 4.69) is 6.92 Å². The zero-order chi connectivity index (χ0) is 22.8. The smallest absolute Gasteiger partial charge is 0.339 e. The fourth-order valence-corrected chi connectivity index (χ4v) is 4.46. The highest BCUT2D eigenvalue weighted by molar-refractivity contribution is 5.92. The first-order chi connectivity index (χ1) is 15.3. The first-order valence-electron chi connectivity index (χ1n) is 11.3. The summed E-state index contributed by atoms with van der Waals surface area (Å²) in [4.78, 5) is 25.3. The van der Waals surface area contributed by atoms with E-state index in [9.17, 15) is 9.59 Å². The third-order valence-corrected chi connectivity index (χ3v) is 6.60. The van der Waals surface area contributed by atoms with Gasteiger partial charge in [0.05, 0.1) is 5.92 Å². The van der Waals surface area contributed by atoms with Gasteiger partial charge in [-0.2, -0.15) is 0 Å². The zero-order valence-electron chi connectivity index (χ0n) is 18.4. The minimum Gasteiger partial charge on any atom is -0.427 e. The molecular weight excluding hydrogens is 414 g/mol. The van der Waals surface area contributed by atoms with Crippen LogP contribution in [0, 0.1) is 11.8 Å². The van der Waals surface area contributed by atoms with Crippen LogP contribution in [0.15, 0.2) is 47.6 Å². The molecule has 0 radical (unpaired) electrons. The highest BCUT2D eigenvalue weighted by Gasteiger charge is 2.39. The molecule has 4 nitrogen and oxygen atoms in total. The van der Waals surface area contributed by atoms with Crippen LogP contribution in [-0.2, 0) is 19.1 Å². The lowest BCUT2D eigenvalue weighted by Gasteiger charge is -2.27. The van der Waals surface area contributed by atoms with Crippen LogP contribution in [0.25, 0.3) is 11.5 Å². The lowest BCUT2D eigenvalue weighted by atomic mass is 9.83. The quantitative estimate of drug-likeness (QED) is 0.657. The van der Waals surface area contributed by atoms with Crippen molar-refractivity contribution in [2.45, 2.75) is 64.7 Å². The summed E-state index contributed by atoms with van der Waals surface area (Å²) in [6, 6.07) is 6.40. The summed E-state index contributed by atoms with van der Waals surface area (Å²) in [5.74, 6) is -1.69.